The summed E-state index contributed by atoms with van der Waals surface area (Å²) in [4.78, 5) is 19.5. The molecule has 0 N–H and O–H groups in total. The molecule has 0 aliphatic carbocycles. The first-order chi connectivity index (χ1) is 13.5. The van der Waals surface area contributed by atoms with Crippen LogP contribution in [-0.2, 0) is 4.79 Å². The lowest BCUT2D eigenvalue weighted by molar-refractivity contribution is -0.117. The highest BCUT2D eigenvalue weighted by Crippen LogP contribution is 2.40. The average Bonchev–Trinajstić information content (AvgIpc) is 2.86. The minimum atomic E-state index is -0.156. The summed E-state index contributed by atoms with van der Waals surface area (Å²) < 4.78 is 1.18. The summed E-state index contributed by atoms with van der Waals surface area (Å²) in [5.74, 6) is -0.00791. The van der Waals surface area contributed by atoms with E-state index >= 15 is 0 Å². The molecule has 0 saturated heterocycles. The number of rotatable bonds is 2. The maximum atomic E-state index is 12.7. The van der Waals surface area contributed by atoms with E-state index in [2.05, 4.69) is 46.9 Å². The van der Waals surface area contributed by atoms with Crippen LogP contribution in [0, 0.1) is 3.57 Å². The number of aliphatic imine (C=N–C) groups is 1. The van der Waals surface area contributed by atoms with Crippen molar-refractivity contribution in [3.05, 3.63) is 92.5 Å². The topological polar surface area (TPSA) is 32.7 Å². The fourth-order valence-electron chi connectivity index (χ4n) is 3.56. The molecule has 1 aliphatic heterocycles. The number of anilines is 1. The lowest BCUT2D eigenvalue weighted by Gasteiger charge is -2.30. The molecule has 0 bridgehead atoms. The molecular weight excluding hydrogens is 483 g/mol. The zero-order valence-corrected chi connectivity index (χ0v) is 18.2. The van der Waals surface area contributed by atoms with Gasteiger partial charge in [0.05, 0.1) is 23.1 Å². The Hall–Kier alpha value is -2.18. The fourth-order valence-corrected chi connectivity index (χ4v) is 4.05. The Kier molecular flexibility index (Phi) is 5.51. The highest BCUT2D eigenvalue weighted by molar-refractivity contribution is 14.1. The van der Waals surface area contributed by atoms with Crippen LogP contribution in [0.5, 0.6) is 0 Å². The maximum Gasteiger partial charge on any atom is 0.224 e. The maximum absolute atomic E-state index is 12.7. The van der Waals surface area contributed by atoms with Crippen molar-refractivity contribution in [2.24, 2.45) is 4.99 Å². The van der Waals surface area contributed by atoms with Gasteiger partial charge >= 0.3 is 0 Å². The largest absolute Gasteiger partial charge is 0.303 e. The number of para-hydroxylation sites is 2. The lowest BCUT2D eigenvalue weighted by Crippen LogP contribution is -2.33. The third kappa shape index (κ3) is 3.84. The predicted molar refractivity (Wildman–Crippen MR) is 124 cm³/mol. The molecule has 3 aromatic carbocycles. The van der Waals surface area contributed by atoms with Gasteiger partial charge in [0.15, 0.2) is 0 Å². The minimum absolute atomic E-state index is 0.00791. The quantitative estimate of drug-likeness (QED) is 0.367. The van der Waals surface area contributed by atoms with Gasteiger partial charge in [0.25, 0.3) is 0 Å². The van der Waals surface area contributed by atoms with E-state index in [0.717, 1.165) is 28.2 Å². The molecule has 1 aliphatic rings. The molecule has 1 atom stereocenters. The number of hydrogen-bond acceptors (Lipinski definition) is 2. The summed E-state index contributed by atoms with van der Waals surface area (Å²) in [6.45, 7) is 1.61. The van der Waals surface area contributed by atoms with Crippen LogP contribution < -0.4 is 4.90 Å². The number of fused-ring (bicyclic) bond motifs is 1. The first kappa shape index (κ1) is 19.2. The van der Waals surface area contributed by atoms with E-state index in [1.807, 2.05) is 53.4 Å². The predicted octanol–water partition coefficient (Wildman–Crippen LogP) is 6.56. The molecule has 0 radical (unpaired) electrons. The van der Waals surface area contributed by atoms with E-state index < -0.39 is 0 Å². The van der Waals surface area contributed by atoms with Gasteiger partial charge in [0, 0.05) is 21.9 Å². The number of hydrogen-bond donors (Lipinski definition) is 0. The number of carbonyl (C=O) groups is 1. The Morgan fingerprint density at radius 3 is 2.39 bits per heavy atom. The van der Waals surface area contributed by atoms with Crippen LogP contribution in [0.1, 0.15) is 30.5 Å². The molecule has 0 saturated carbocycles. The van der Waals surface area contributed by atoms with E-state index in [0.29, 0.717) is 11.4 Å². The van der Waals surface area contributed by atoms with E-state index in [1.54, 1.807) is 6.92 Å². The number of nitrogens with zero attached hydrogens (tertiary/aromatic N) is 2. The third-order valence-electron chi connectivity index (χ3n) is 4.87. The monoisotopic (exact) mass is 500 g/mol. The van der Waals surface area contributed by atoms with Gasteiger partial charge in [-0.15, -0.1) is 0 Å². The van der Waals surface area contributed by atoms with Crippen molar-refractivity contribution in [1.82, 2.24) is 0 Å². The Morgan fingerprint density at radius 2 is 1.71 bits per heavy atom. The van der Waals surface area contributed by atoms with Crippen molar-refractivity contribution in [2.45, 2.75) is 19.4 Å². The highest BCUT2D eigenvalue weighted by Gasteiger charge is 2.30. The molecule has 0 spiro atoms. The molecule has 28 heavy (non-hydrogen) atoms. The van der Waals surface area contributed by atoms with E-state index in [-0.39, 0.29) is 11.9 Å². The second-order valence-corrected chi connectivity index (χ2v) is 8.40. The van der Waals surface area contributed by atoms with Gasteiger partial charge in [0.1, 0.15) is 0 Å². The normalized spacial score (nSPS) is 16.2. The Labute approximate surface area is 183 Å². The summed E-state index contributed by atoms with van der Waals surface area (Å²) in [5.41, 5.74) is 4.71. The second-order valence-electron chi connectivity index (χ2n) is 6.71. The van der Waals surface area contributed by atoms with Crippen LogP contribution in [0.3, 0.4) is 0 Å². The Morgan fingerprint density at radius 1 is 1.04 bits per heavy atom. The van der Waals surface area contributed by atoms with E-state index in [4.69, 9.17) is 16.6 Å². The SMILES string of the molecule is CC(=O)N1c2ccccc2N=C(c2ccc(I)cc2)CC1c1ccc(Cl)cc1. The van der Waals surface area contributed by atoms with Gasteiger partial charge in [-0.3, -0.25) is 9.79 Å². The van der Waals surface area contributed by atoms with Crippen molar-refractivity contribution in [2.75, 3.05) is 4.90 Å². The van der Waals surface area contributed by atoms with Crippen LogP contribution in [0.25, 0.3) is 0 Å². The van der Waals surface area contributed by atoms with Crippen LogP contribution in [0.15, 0.2) is 77.8 Å². The third-order valence-corrected chi connectivity index (χ3v) is 5.84. The highest BCUT2D eigenvalue weighted by atomic mass is 127. The molecule has 1 amide bonds. The Bertz CT molecular complexity index is 1040. The van der Waals surface area contributed by atoms with Gasteiger partial charge in [-0.25, -0.2) is 0 Å². The van der Waals surface area contributed by atoms with Crippen molar-refractivity contribution < 1.29 is 4.79 Å². The van der Waals surface area contributed by atoms with Crippen LogP contribution >= 0.6 is 34.2 Å². The Balaban J connectivity index is 1.89. The zero-order chi connectivity index (χ0) is 19.7. The number of amides is 1. The zero-order valence-electron chi connectivity index (χ0n) is 15.3. The van der Waals surface area contributed by atoms with Crippen molar-refractivity contribution >= 4 is 57.2 Å². The molecule has 3 nitrogen and oxygen atoms in total. The summed E-state index contributed by atoms with van der Waals surface area (Å²) in [5, 5.41) is 0.679. The van der Waals surface area contributed by atoms with Crippen LogP contribution in [0.2, 0.25) is 5.02 Å². The summed E-state index contributed by atoms with van der Waals surface area (Å²) in [6, 6.07) is 23.7. The molecule has 3 aromatic rings. The van der Waals surface area contributed by atoms with Crippen molar-refractivity contribution in [1.29, 1.82) is 0 Å². The molecule has 140 valence electrons. The van der Waals surface area contributed by atoms with E-state index in [1.165, 1.54) is 3.57 Å². The molecule has 5 heteroatoms. The van der Waals surface area contributed by atoms with Gasteiger partial charge in [-0.1, -0.05) is 48.0 Å². The molecule has 1 heterocycles. The standard InChI is InChI=1S/C23H18ClIN2O/c1-15(28)27-22-5-3-2-4-20(22)26-21(16-8-12-19(25)13-9-16)14-23(27)17-6-10-18(24)11-7-17/h2-13,23H,14H2,1H3. The van der Waals surface area contributed by atoms with Gasteiger partial charge in [-0.05, 0) is 70.1 Å². The molecule has 4 rings (SSSR count). The number of carbonyl (C=O) groups excluding carboxylic acids is 1. The number of benzene rings is 3. The van der Waals surface area contributed by atoms with Gasteiger partial charge < -0.3 is 4.90 Å². The van der Waals surface area contributed by atoms with Crippen LogP contribution in [-0.4, -0.2) is 11.6 Å². The van der Waals surface area contributed by atoms with Gasteiger partial charge in [0.2, 0.25) is 5.91 Å². The van der Waals surface area contributed by atoms with Crippen molar-refractivity contribution in [3.63, 3.8) is 0 Å². The van der Waals surface area contributed by atoms with Crippen LogP contribution in [0.4, 0.5) is 11.4 Å². The second kappa shape index (κ2) is 8.05. The molecule has 0 aromatic heterocycles. The summed E-state index contributed by atoms with van der Waals surface area (Å²) in [6.07, 6.45) is 0.622. The first-order valence-corrected chi connectivity index (χ1v) is 10.5. The molecule has 0 fully saturated rings. The van der Waals surface area contributed by atoms with Gasteiger partial charge in [-0.2, -0.15) is 0 Å². The summed E-state index contributed by atoms with van der Waals surface area (Å²) in [7, 11) is 0. The first-order valence-electron chi connectivity index (χ1n) is 9.01. The smallest absolute Gasteiger partial charge is 0.224 e. The summed E-state index contributed by atoms with van der Waals surface area (Å²) >= 11 is 8.40. The molecule has 1 unspecified atom stereocenters. The average molecular weight is 501 g/mol. The van der Waals surface area contributed by atoms with Crippen molar-refractivity contribution in [3.8, 4) is 0 Å². The number of halogens is 2. The fraction of sp³-hybridized carbons (Fsp3) is 0.130. The van der Waals surface area contributed by atoms with E-state index in [9.17, 15) is 4.79 Å². The molecular formula is C23H18ClIN2O. The minimum Gasteiger partial charge on any atom is -0.303 e. The lowest BCUT2D eigenvalue weighted by atomic mass is 9.96.